The van der Waals surface area contributed by atoms with Gasteiger partial charge in [0, 0.05) is 32.2 Å². The normalized spacial score (nSPS) is 15.1. The third-order valence-corrected chi connectivity index (χ3v) is 3.23. The molecule has 5 nitrogen and oxygen atoms in total. The van der Waals surface area contributed by atoms with Crippen LogP contribution in [0.3, 0.4) is 0 Å². The SMILES string of the molecule is CN1CCN(Cc2ccccc2C#CCN)C(=O)C1=O. The van der Waals surface area contributed by atoms with E-state index in [1.807, 2.05) is 24.3 Å². The molecule has 2 amide bonds. The van der Waals surface area contributed by atoms with Gasteiger partial charge in [0.1, 0.15) is 0 Å². The van der Waals surface area contributed by atoms with Gasteiger partial charge >= 0.3 is 11.8 Å². The number of likely N-dealkylation sites (N-methyl/N-ethyl adjacent to an activating group) is 1. The molecule has 1 fully saturated rings. The number of hydrogen-bond acceptors (Lipinski definition) is 3. The Morgan fingerprint density at radius 2 is 1.95 bits per heavy atom. The molecule has 0 unspecified atom stereocenters. The molecule has 0 radical (unpaired) electrons. The zero-order valence-corrected chi connectivity index (χ0v) is 11.4. The first-order valence-corrected chi connectivity index (χ1v) is 6.44. The molecule has 0 atom stereocenters. The summed E-state index contributed by atoms with van der Waals surface area (Å²) >= 11 is 0. The van der Waals surface area contributed by atoms with E-state index < -0.39 is 11.8 Å². The predicted molar refractivity (Wildman–Crippen MR) is 75.4 cm³/mol. The summed E-state index contributed by atoms with van der Waals surface area (Å²) in [5.41, 5.74) is 7.15. The second-order valence-corrected chi connectivity index (χ2v) is 4.62. The summed E-state index contributed by atoms with van der Waals surface area (Å²) in [5, 5.41) is 0. The summed E-state index contributed by atoms with van der Waals surface area (Å²) < 4.78 is 0. The van der Waals surface area contributed by atoms with Crippen molar-refractivity contribution in [1.29, 1.82) is 0 Å². The van der Waals surface area contributed by atoms with Gasteiger partial charge < -0.3 is 15.5 Å². The second kappa shape index (κ2) is 6.22. The molecule has 0 aromatic heterocycles. The molecule has 1 aromatic carbocycles. The Hall–Kier alpha value is -2.32. The average Bonchev–Trinajstić information content (AvgIpc) is 2.47. The Morgan fingerprint density at radius 1 is 1.20 bits per heavy atom. The van der Waals surface area contributed by atoms with E-state index >= 15 is 0 Å². The van der Waals surface area contributed by atoms with Gasteiger partial charge in [0.2, 0.25) is 0 Å². The van der Waals surface area contributed by atoms with E-state index in [1.54, 1.807) is 11.9 Å². The van der Waals surface area contributed by atoms with Gasteiger partial charge in [-0.3, -0.25) is 9.59 Å². The first-order chi connectivity index (χ1) is 9.63. The maximum atomic E-state index is 11.9. The molecule has 20 heavy (non-hydrogen) atoms. The number of nitrogens with zero attached hydrogens (tertiary/aromatic N) is 2. The highest BCUT2D eigenvalue weighted by molar-refractivity contribution is 6.35. The predicted octanol–water partition coefficient (Wildman–Crippen LogP) is -0.203. The lowest BCUT2D eigenvalue weighted by atomic mass is 10.1. The Bertz CT molecular complexity index is 586. The van der Waals surface area contributed by atoms with Crippen molar-refractivity contribution in [2.24, 2.45) is 5.73 Å². The summed E-state index contributed by atoms with van der Waals surface area (Å²) in [6.45, 7) is 1.79. The van der Waals surface area contributed by atoms with E-state index in [2.05, 4.69) is 11.8 Å². The van der Waals surface area contributed by atoms with Gasteiger partial charge in [-0.05, 0) is 11.6 Å². The van der Waals surface area contributed by atoms with Crippen molar-refractivity contribution in [3.05, 3.63) is 35.4 Å². The molecule has 1 heterocycles. The van der Waals surface area contributed by atoms with Crippen LogP contribution in [0.5, 0.6) is 0 Å². The summed E-state index contributed by atoms with van der Waals surface area (Å²) in [7, 11) is 1.64. The van der Waals surface area contributed by atoms with Crippen molar-refractivity contribution >= 4 is 11.8 Å². The fraction of sp³-hybridized carbons (Fsp3) is 0.333. The van der Waals surface area contributed by atoms with Crippen molar-refractivity contribution in [3.8, 4) is 11.8 Å². The topological polar surface area (TPSA) is 66.6 Å². The molecule has 1 aliphatic rings. The maximum Gasteiger partial charge on any atom is 0.312 e. The van der Waals surface area contributed by atoms with Crippen molar-refractivity contribution in [2.75, 3.05) is 26.7 Å². The Kier molecular flexibility index (Phi) is 4.38. The number of piperazine rings is 1. The molecule has 0 saturated carbocycles. The van der Waals surface area contributed by atoms with Crippen LogP contribution in [0.1, 0.15) is 11.1 Å². The number of benzene rings is 1. The molecule has 1 aliphatic heterocycles. The molecule has 0 bridgehead atoms. The van der Waals surface area contributed by atoms with Crippen LogP contribution in [-0.2, 0) is 16.1 Å². The van der Waals surface area contributed by atoms with Crippen molar-refractivity contribution in [1.82, 2.24) is 9.80 Å². The lowest BCUT2D eigenvalue weighted by molar-refractivity contribution is -0.155. The van der Waals surface area contributed by atoms with Crippen molar-refractivity contribution in [2.45, 2.75) is 6.54 Å². The van der Waals surface area contributed by atoms with Crippen LogP contribution in [0.15, 0.2) is 24.3 Å². The quantitative estimate of drug-likeness (QED) is 0.598. The molecule has 2 N–H and O–H groups in total. The smallest absolute Gasteiger partial charge is 0.312 e. The van der Waals surface area contributed by atoms with Crippen molar-refractivity contribution in [3.63, 3.8) is 0 Å². The minimum atomic E-state index is -0.458. The van der Waals surface area contributed by atoms with E-state index in [9.17, 15) is 9.59 Å². The molecular weight excluding hydrogens is 254 g/mol. The standard InChI is InChI=1S/C15H17N3O2/c1-17-9-10-18(15(20)14(17)19)11-13-6-3-2-5-12(13)7-4-8-16/h2-3,5-6H,8-11,16H2,1H3. The van der Waals surface area contributed by atoms with Gasteiger partial charge in [0.05, 0.1) is 6.54 Å². The minimum absolute atomic E-state index is 0.292. The highest BCUT2D eigenvalue weighted by atomic mass is 16.2. The summed E-state index contributed by atoms with van der Waals surface area (Å²) in [6, 6.07) is 7.59. The first-order valence-electron chi connectivity index (χ1n) is 6.44. The van der Waals surface area contributed by atoms with Gasteiger partial charge in [-0.1, -0.05) is 30.0 Å². The van der Waals surface area contributed by atoms with E-state index in [1.165, 1.54) is 4.90 Å². The minimum Gasteiger partial charge on any atom is -0.336 e. The molecule has 104 valence electrons. The van der Waals surface area contributed by atoms with Gasteiger partial charge in [0.25, 0.3) is 0 Å². The molecular formula is C15H17N3O2. The van der Waals surface area contributed by atoms with Crippen LogP contribution in [0, 0.1) is 11.8 Å². The van der Waals surface area contributed by atoms with Crippen LogP contribution in [0.2, 0.25) is 0 Å². The third-order valence-electron chi connectivity index (χ3n) is 3.23. The number of hydrogen-bond donors (Lipinski definition) is 1. The number of nitrogens with two attached hydrogens (primary N) is 1. The fourth-order valence-corrected chi connectivity index (χ4v) is 2.06. The Balaban J connectivity index is 2.18. The zero-order valence-electron chi connectivity index (χ0n) is 11.4. The van der Waals surface area contributed by atoms with Crippen LogP contribution in [0.4, 0.5) is 0 Å². The van der Waals surface area contributed by atoms with Crippen LogP contribution >= 0.6 is 0 Å². The van der Waals surface area contributed by atoms with E-state index in [0.717, 1.165) is 11.1 Å². The molecule has 2 rings (SSSR count). The van der Waals surface area contributed by atoms with E-state index in [-0.39, 0.29) is 0 Å². The average molecular weight is 271 g/mol. The highest BCUT2D eigenvalue weighted by Gasteiger charge is 2.30. The number of carbonyl (C=O) groups excluding carboxylic acids is 2. The van der Waals surface area contributed by atoms with E-state index in [0.29, 0.717) is 26.2 Å². The van der Waals surface area contributed by atoms with Crippen LogP contribution in [-0.4, -0.2) is 48.3 Å². The number of rotatable bonds is 2. The van der Waals surface area contributed by atoms with Gasteiger partial charge in [-0.2, -0.15) is 0 Å². The summed E-state index contributed by atoms with van der Waals surface area (Å²) in [5.74, 6) is 4.88. The maximum absolute atomic E-state index is 11.9. The fourth-order valence-electron chi connectivity index (χ4n) is 2.06. The third kappa shape index (κ3) is 2.98. The van der Waals surface area contributed by atoms with Gasteiger partial charge in [0.15, 0.2) is 0 Å². The zero-order chi connectivity index (χ0) is 14.5. The second-order valence-electron chi connectivity index (χ2n) is 4.62. The molecule has 1 aromatic rings. The van der Waals surface area contributed by atoms with Crippen molar-refractivity contribution < 1.29 is 9.59 Å². The Morgan fingerprint density at radius 3 is 2.70 bits per heavy atom. The summed E-state index contributed by atoms with van der Waals surface area (Å²) in [4.78, 5) is 26.6. The molecule has 5 heteroatoms. The van der Waals surface area contributed by atoms with Crippen LogP contribution < -0.4 is 5.73 Å². The highest BCUT2D eigenvalue weighted by Crippen LogP contribution is 2.13. The largest absolute Gasteiger partial charge is 0.336 e. The monoisotopic (exact) mass is 271 g/mol. The van der Waals surface area contributed by atoms with Crippen LogP contribution in [0.25, 0.3) is 0 Å². The lowest BCUT2D eigenvalue weighted by Gasteiger charge is -2.31. The first kappa shape index (κ1) is 14.1. The van der Waals surface area contributed by atoms with E-state index in [4.69, 9.17) is 5.73 Å². The number of carbonyl (C=O) groups is 2. The van der Waals surface area contributed by atoms with Gasteiger partial charge in [-0.25, -0.2) is 0 Å². The molecule has 0 aliphatic carbocycles. The molecule has 1 saturated heterocycles. The lowest BCUT2D eigenvalue weighted by Crippen LogP contribution is -2.52. The molecule has 0 spiro atoms. The number of amides is 2. The van der Waals surface area contributed by atoms with Gasteiger partial charge in [-0.15, -0.1) is 0 Å². The Labute approximate surface area is 118 Å². The summed E-state index contributed by atoms with van der Waals surface area (Å²) in [6.07, 6.45) is 0.